The zero-order valence-electron chi connectivity index (χ0n) is 19.1. The van der Waals surface area contributed by atoms with Crippen LogP contribution in [-0.2, 0) is 13.6 Å². The minimum atomic E-state index is -0.399. The summed E-state index contributed by atoms with van der Waals surface area (Å²) in [6, 6.07) is 13.2. The molecule has 0 atom stereocenters. The SMILES string of the molecule is CC(=O)c1ccc(C#N)cc1.Cc1cc(CNC(=O)c2ncnc3c(NCl)n(C)nc23)ccc1F. The molecule has 0 aliphatic carbocycles. The van der Waals surface area contributed by atoms with Gasteiger partial charge >= 0.3 is 0 Å². The van der Waals surface area contributed by atoms with Crippen molar-refractivity contribution in [2.24, 2.45) is 7.05 Å². The molecule has 2 N–H and O–H groups in total. The molecule has 0 aliphatic heterocycles. The van der Waals surface area contributed by atoms with E-state index in [4.69, 9.17) is 17.0 Å². The number of nitriles is 1. The van der Waals surface area contributed by atoms with Crippen LogP contribution in [-0.4, -0.2) is 31.4 Å². The van der Waals surface area contributed by atoms with Crippen LogP contribution in [0.15, 0.2) is 48.8 Å². The van der Waals surface area contributed by atoms with Crippen LogP contribution in [0, 0.1) is 24.1 Å². The largest absolute Gasteiger partial charge is 0.347 e. The average Bonchev–Trinajstić information content (AvgIpc) is 3.19. The van der Waals surface area contributed by atoms with Gasteiger partial charge in [-0.05, 0) is 43.2 Å². The second kappa shape index (κ2) is 11.2. The van der Waals surface area contributed by atoms with Crippen LogP contribution in [0.4, 0.5) is 10.2 Å². The quantitative estimate of drug-likeness (QED) is 0.317. The number of nitrogens with one attached hydrogen (secondary N) is 2. The lowest BCUT2D eigenvalue weighted by Gasteiger charge is -2.06. The highest BCUT2D eigenvalue weighted by Crippen LogP contribution is 2.22. The smallest absolute Gasteiger partial charge is 0.272 e. The van der Waals surface area contributed by atoms with Crippen molar-refractivity contribution in [1.82, 2.24) is 25.1 Å². The molecule has 0 saturated heterocycles. The van der Waals surface area contributed by atoms with Gasteiger partial charge in [0.2, 0.25) is 0 Å². The van der Waals surface area contributed by atoms with E-state index in [1.165, 1.54) is 24.0 Å². The molecule has 11 heteroatoms. The molecule has 0 radical (unpaired) electrons. The maximum absolute atomic E-state index is 13.3. The van der Waals surface area contributed by atoms with E-state index in [2.05, 4.69) is 25.2 Å². The van der Waals surface area contributed by atoms with Crippen LogP contribution in [0.2, 0.25) is 0 Å². The van der Waals surface area contributed by atoms with Crippen molar-refractivity contribution in [3.8, 4) is 6.07 Å². The molecule has 0 unspecified atom stereocenters. The normalized spacial score (nSPS) is 10.2. The van der Waals surface area contributed by atoms with Crippen molar-refractivity contribution in [1.29, 1.82) is 5.26 Å². The van der Waals surface area contributed by atoms with Gasteiger partial charge in [-0.15, -0.1) is 0 Å². The van der Waals surface area contributed by atoms with Gasteiger partial charge < -0.3 is 5.32 Å². The molecular formula is C24H21ClFN7O2. The molecule has 0 fully saturated rings. The van der Waals surface area contributed by atoms with Crippen LogP contribution in [0.5, 0.6) is 0 Å². The van der Waals surface area contributed by atoms with Gasteiger partial charge in [-0.1, -0.05) is 24.3 Å². The number of Topliss-reactive ketones (excluding diaryl/α,β-unsaturated/α-hetero) is 1. The van der Waals surface area contributed by atoms with Crippen molar-refractivity contribution >= 4 is 40.3 Å². The first kappa shape index (κ1) is 25.3. The summed E-state index contributed by atoms with van der Waals surface area (Å²) in [4.78, 5) is 33.7. The Morgan fingerprint density at radius 1 is 1.14 bits per heavy atom. The third-order valence-corrected chi connectivity index (χ3v) is 5.20. The standard InChI is InChI=1S/C15H14ClFN6O.C9H7NO/c1-8-5-9(3-4-10(8)17)6-18-15(24)13-11-12(19-7-20-13)14(21-16)23(2)22-11;1-7(11)9-4-2-8(6-10)3-5-9/h3-5,7,21H,6H2,1-2H3,(H,18,24);2-5H,1H3. The molecule has 2 heterocycles. The number of aromatic nitrogens is 4. The molecule has 2 aromatic heterocycles. The van der Waals surface area contributed by atoms with Crippen molar-refractivity contribution in [2.75, 3.05) is 4.84 Å². The molecule has 2 aromatic carbocycles. The molecule has 35 heavy (non-hydrogen) atoms. The number of amides is 1. The molecule has 1 amide bonds. The Morgan fingerprint density at radius 3 is 2.46 bits per heavy atom. The Bertz CT molecular complexity index is 1430. The lowest BCUT2D eigenvalue weighted by molar-refractivity contribution is 0.0946. The Labute approximate surface area is 205 Å². The second-order valence-corrected chi connectivity index (χ2v) is 7.69. The van der Waals surface area contributed by atoms with Crippen LogP contribution >= 0.6 is 11.8 Å². The minimum absolute atomic E-state index is 0.0227. The highest BCUT2D eigenvalue weighted by atomic mass is 35.5. The van der Waals surface area contributed by atoms with Crippen molar-refractivity contribution in [3.05, 3.63) is 82.6 Å². The van der Waals surface area contributed by atoms with Crippen molar-refractivity contribution in [2.45, 2.75) is 20.4 Å². The lowest BCUT2D eigenvalue weighted by atomic mass is 10.1. The Hall–Kier alpha value is -4.36. The van der Waals surface area contributed by atoms with Crippen LogP contribution in [0.3, 0.4) is 0 Å². The first-order chi connectivity index (χ1) is 16.7. The highest BCUT2D eigenvalue weighted by molar-refractivity contribution is 6.25. The van der Waals surface area contributed by atoms with Crippen LogP contribution < -0.4 is 10.2 Å². The van der Waals surface area contributed by atoms with Gasteiger partial charge in [-0.25, -0.2) is 19.0 Å². The fourth-order valence-electron chi connectivity index (χ4n) is 3.13. The molecule has 4 rings (SSSR count). The third-order valence-electron chi connectivity index (χ3n) is 5.02. The number of ketones is 1. The Balaban J connectivity index is 0.000000261. The summed E-state index contributed by atoms with van der Waals surface area (Å²) in [7, 11) is 1.68. The number of rotatable bonds is 5. The molecule has 178 valence electrons. The molecule has 0 aliphatic rings. The molecule has 0 spiro atoms. The Morgan fingerprint density at radius 2 is 1.86 bits per heavy atom. The number of nitrogens with zero attached hydrogens (tertiary/aromatic N) is 5. The summed E-state index contributed by atoms with van der Waals surface area (Å²) < 4.78 is 14.8. The summed E-state index contributed by atoms with van der Waals surface area (Å²) in [5.74, 6) is -0.187. The molecule has 9 nitrogen and oxygen atoms in total. The van der Waals surface area contributed by atoms with Gasteiger partial charge in [0.1, 0.15) is 23.2 Å². The zero-order valence-corrected chi connectivity index (χ0v) is 19.9. The fourth-order valence-corrected chi connectivity index (χ4v) is 3.35. The summed E-state index contributed by atoms with van der Waals surface area (Å²) in [5.41, 5.74) is 3.47. The average molecular weight is 494 g/mol. The molecular weight excluding hydrogens is 473 g/mol. The summed E-state index contributed by atoms with van der Waals surface area (Å²) in [5, 5.41) is 15.4. The fraction of sp³-hybridized carbons (Fsp3) is 0.167. The second-order valence-electron chi connectivity index (χ2n) is 7.50. The van der Waals surface area contributed by atoms with E-state index in [9.17, 15) is 14.0 Å². The third kappa shape index (κ3) is 5.96. The van der Waals surface area contributed by atoms with Crippen molar-refractivity contribution < 1.29 is 14.0 Å². The minimum Gasteiger partial charge on any atom is -0.347 e. The van der Waals surface area contributed by atoms with Gasteiger partial charge in [0, 0.05) is 30.9 Å². The van der Waals surface area contributed by atoms with Crippen LogP contribution in [0.25, 0.3) is 11.0 Å². The summed E-state index contributed by atoms with van der Waals surface area (Å²) in [6.07, 6.45) is 1.28. The number of hydrogen-bond acceptors (Lipinski definition) is 7. The monoisotopic (exact) mass is 493 g/mol. The van der Waals surface area contributed by atoms with E-state index in [1.807, 2.05) is 6.07 Å². The lowest BCUT2D eigenvalue weighted by Crippen LogP contribution is -2.24. The maximum atomic E-state index is 13.3. The number of anilines is 1. The van der Waals surface area contributed by atoms with E-state index < -0.39 is 5.91 Å². The predicted octanol–water partition coefficient (Wildman–Crippen LogP) is 4.07. The van der Waals surface area contributed by atoms with Crippen molar-refractivity contribution in [3.63, 3.8) is 0 Å². The highest BCUT2D eigenvalue weighted by Gasteiger charge is 2.19. The van der Waals surface area contributed by atoms with Gasteiger partial charge in [0.15, 0.2) is 17.3 Å². The van der Waals surface area contributed by atoms with E-state index in [-0.39, 0.29) is 23.8 Å². The van der Waals surface area contributed by atoms with E-state index in [0.717, 1.165) is 5.56 Å². The van der Waals surface area contributed by atoms with E-state index in [1.54, 1.807) is 50.4 Å². The van der Waals surface area contributed by atoms with Gasteiger partial charge in [-0.3, -0.25) is 14.4 Å². The predicted molar refractivity (Wildman–Crippen MR) is 129 cm³/mol. The molecule has 0 bridgehead atoms. The number of fused-ring (bicyclic) bond motifs is 1. The number of carbonyl (C=O) groups excluding carboxylic acids is 2. The van der Waals surface area contributed by atoms with Gasteiger partial charge in [-0.2, -0.15) is 10.4 Å². The zero-order chi connectivity index (χ0) is 25.5. The number of aryl methyl sites for hydroxylation is 2. The van der Waals surface area contributed by atoms with Gasteiger partial charge in [0.05, 0.1) is 11.6 Å². The Kier molecular flexibility index (Phi) is 8.07. The molecule has 4 aromatic rings. The number of carbonyl (C=O) groups is 2. The van der Waals surface area contributed by atoms with E-state index >= 15 is 0 Å². The number of benzene rings is 2. The summed E-state index contributed by atoms with van der Waals surface area (Å²) in [6.45, 7) is 3.42. The molecule has 0 saturated carbocycles. The summed E-state index contributed by atoms with van der Waals surface area (Å²) >= 11 is 5.65. The number of halogens is 2. The first-order valence-electron chi connectivity index (χ1n) is 10.3. The topological polar surface area (TPSA) is 126 Å². The number of hydrogen-bond donors (Lipinski definition) is 2. The first-order valence-corrected chi connectivity index (χ1v) is 10.7. The van der Waals surface area contributed by atoms with E-state index in [0.29, 0.717) is 33.5 Å². The van der Waals surface area contributed by atoms with Crippen LogP contribution in [0.1, 0.15) is 44.5 Å². The van der Waals surface area contributed by atoms with Gasteiger partial charge in [0.25, 0.3) is 5.91 Å². The maximum Gasteiger partial charge on any atom is 0.272 e.